The van der Waals surface area contributed by atoms with Gasteiger partial charge in [-0.3, -0.25) is 4.98 Å². The molecule has 1 aliphatic rings. The summed E-state index contributed by atoms with van der Waals surface area (Å²) in [4.78, 5) is 22.6. The van der Waals surface area contributed by atoms with E-state index in [-0.39, 0.29) is 12.1 Å². The summed E-state index contributed by atoms with van der Waals surface area (Å²) in [7, 11) is 0. The minimum atomic E-state index is -0.230. The number of aromatic nitrogens is 1. The number of guanidine groups is 1. The molecule has 0 saturated carbocycles. The molecule has 3 rings (SSSR count). The lowest BCUT2D eigenvalue weighted by molar-refractivity contribution is 0.0963. The molecule has 3 heterocycles. The average Bonchev–Trinajstić information content (AvgIpc) is 3.27. The number of furan rings is 1. The number of pyridine rings is 1. The molecule has 8 nitrogen and oxygen atoms in total. The molecule has 2 aromatic rings. The second kappa shape index (κ2) is 11.1. The highest BCUT2D eigenvalue weighted by Crippen LogP contribution is 2.11. The predicted octanol–water partition coefficient (Wildman–Crippen LogP) is 2.57. The first-order valence-electron chi connectivity index (χ1n) is 10.1. The van der Waals surface area contributed by atoms with Crippen LogP contribution in [0.4, 0.5) is 4.79 Å². The summed E-state index contributed by atoms with van der Waals surface area (Å²) in [5.41, 5.74) is 0.914. The number of nitrogens with one attached hydrogen (secondary N) is 2. The Morgan fingerprint density at radius 3 is 2.86 bits per heavy atom. The second-order valence-electron chi connectivity index (χ2n) is 6.85. The first kappa shape index (κ1) is 20.7. The van der Waals surface area contributed by atoms with E-state index in [0.29, 0.717) is 32.8 Å². The van der Waals surface area contributed by atoms with Gasteiger partial charge in [0, 0.05) is 38.3 Å². The molecule has 0 spiro atoms. The zero-order chi connectivity index (χ0) is 20.3. The minimum Gasteiger partial charge on any atom is -0.469 e. The second-order valence-corrected chi connectivity index (χ2v) is 6.85. The van der Waals surface area contributed by atoms with Crippen LogP contribution < -0.4 is 10.6 Å². The molecular formula is C21H29N5O3. The SMILES string of the molecule is CCOC(=O)N1CCC(NC(=NCc2ccccn2)NCCc2ccco2)CC1. The zero-order valence-corrected chi connectivity index (χ0v) is 16.8. The molecule has 2 N–H and O–H groups in total. The molecule has 2 aromatic heterocycles. The van der Waals surface area contributed by atoms with Gasteiger partial charge in [0.25, 0.3) is 0 Å². The number of nitrogens with zero attached hydrogens (tertiary/aromatic N) is 3. The first-order chi connectivity index (χ1) is 14.2. The van der Waals surface area contributed by atoms with Crippen molar-refractivity contribution in [1.82, 2.24) is 20.5 Å². The lowest BCUT2D eigenvalue weighted by atomic mass is 10.1. The monoisotopic (exact) mass is 399 g/mol. The Morgan fingerprint density at radius 1 is 1.31 bits per heavy atom. The summed E-state index contributed by atoms with van der Waals surface area (Å²) < 4.78 is 10.5. The van der Waals surface area contributed by atoms with Gasteiger partial charge in [0.15, 0.2) is 5.96 Å². The number of ether oxygens (including phenoxy) is 1. The maximum atomic E-state index is 11.9. The van der Waals surface area contributed by atoms with Gasteiger partial charge < -0.3 is 24.7 Å². The zero-order valence-electron chi connectivity index (χ0n) is 16.8. The maximum Gasteiger partial charge on any atom is 0.409 e. The van der Waals surface area contributed by atoms with Crippen molar-refractivity contribution in [2.45, 2.75) is 38.8 Å². The van der Waals surface area contributed by atoms with E-state index in [1.54, 1.807) is 17.4 Å². The van der Waals surface area contributed by atoms with Crippen molar-refractivity contribution < 1.29 is 13.9 Å². The molecule has 8 heteroatoms. The minimum absolute atomic E-state index is 0.230. The number of hydrogen-bond donors (Lipinski definition) is 2. The molecule has 1 aliphatic heterocycles. The molecule has 0 aromatic carbocycles. The Kier molecular flexibility index (Phi) is 7.91. The molecule has 29 heavy (non-hydrogen) atoms. The molecule has 0 unspecified atom stereocenters. The van der Waals surface area contributed by atoms with E-state index in [2.05, 4.69) is 20.6 Å². The summed E-state index contributed by atoms with van der Waals surface area (Å²) in [6.45, 7) is 4.79. The van der Waals surface area contributed by atoms with Crippen LogP contribution in [0.1, 0.15) is 31.2 Å². The van der Waals surface area contributed by atoms with Crippen molar-refractivity contribution >= 4 is 12.1 Å². The number of rotatable bonds is 7. The van der Waals surface area contributed by atoms with E-state index in [9.17, 15) is 4.79 Å². The van der Waals surface area contributed by atoms with Gasteiger partial charge in [-0.15, -0.1) is 0 Å². The number of hydrogen-bond acceptors (Lipinski definition) is 5. The van der Waals surface area contributed by atoms with Crippen LogP contribution >= 0.6 is 0 Å². The Bertz CT molecular complexity index is 756. The fourth-order valence-electron chi connectivity index (χ4n) is 3.18. The van der Waals surface area contributed by atoms with Crippen LogP contribution in [0, 0.1) is 0 Å². The van der Waals surface area contributed by atoms with Crippen LogP contribution in [0.15, 0.2) is 52.2 Å². The largest absolute Gasteiger partial charge is 0.469 e. The quantitative estimate of drug-likeness (QED) is 0.549. The maximum absolute atomic E-state index is 11.9. The van der Waals surface area contributed by atoms with E-state index >= 15 is 0 Å². The fourth-order valence-corrected chi connectivity index (χ4v) is 3.18. The van der Waals surface area contributed by atoms with E-state index in [1.165, 1.54) is 0 Å². The number of likely N-dealkylation sites (tertiary alicyclic amines) is 1. The first-order valence-corrected chi connectivity index (χ1v) is 10.1. The molecule has 0 bridgehead atoms. The topological polar surface area (TPSA) is 92.0 Å². The van der Waals surface area contributed by atoms with Crippen LogP contribution in [-0.4, -0.2) is 54.2 Å². The van der Waals surface area contributed by atoms with Crippen molar-refractivity contribution in [3.05, 3.63) is 54.2 Å². The molecule has 0 radical (unpaired) electrons. The molecule has 1 saturated heterocycles. The highest BCUT2D eigenvalue weighted by Gasteiger charge is 2.24. The molecule has 1 fully saturated rings. The summed E-state index contributed by atoms with van der Waals surface area (Å²) in [5.74, 6) is 1.68. The van der Waals surface area contributed by atoms with Gasteiger partial charge in [-0.2, -0.15) is 0 Å². The van der Waals surface area contributed by atoms with Gasteiger partial charge in [0.1, 0.15) is 5.76 Å². The Hall–Kier alpha value is -3.03. The Labute approximate surface area is 171 Å². The summed E-state index contributed by atoms with van der Waals surface area (Å²) >= 11 is 0. The standard InChI is InChI=1S/C21H29N5O3/c1-2-28-21(27)26-13-9-17(10-14-26)25-20(23-12-8-19-7-5-15-29-19)24-16-18-6-3-4-11-22-18/h3-7,11,15,17H,2,8-10,12-14,16H2,1H3,(H2,23,24,25). The Balaban J connectivity index is 1.53. The number of carbonyl (C=O) groups excluding carboxylic acids is 1. The van der Waals surface area contributed by atoms with E-state index in [1.807, 2.05) is 37.3 Å². The summed E-state index contributed by atoms with van der Waals surface area (Å²) in [6.07, 6.45) is 5.70. The molecule has 0 aliphatic carbocycles. The average molecular weight is 399 g/mol. The highest BCUT2D eigenvalue weighted by atomic mass is 16.6. The normalized spacial score (nSPS) is 15.2. The lowest BCUT2D eigenvalue weighted by Crippen LogP contribution is -2.50. The highest BCUT2D eigenvalue weighted by molar-refractivity contribution is 5.80. The van der Waals surface area contributed by atoms with Gasteiger partial charge in [-0.1, -0.05) is 6.07 Å². The van der Waals surface area contributed by atoms with Crippen LogP contribution in [0.2, 0.25) is 0 Å². The summed E-state index contributed by atoms with van der Waals surface area (Å²) in [5, 5.41) is 6.88. The van der Waals surface area contributed by atoms with Gasteiger partial charge in [-0.25, -0.2) is 9.79 Å². The third-order valence-corrected chi connectivity index (χ3v) is 4.73. The van der Waals surface area contributed by atoms with Crippen molar-refractivity contribution in [3.63, 3.8) is 0 Å². The Morgan fingerprint density at radius 2 is 2.17 bits per heavy atom. The third kappa shape index (κ3) is 6.81. The van der Waals surface area contributed by atoms with Crippen molar-refractivity contribution in [1.29, 1.82) is 0 Å². The number of amides is 1. The van der Waals surface area contributed by atoms with E-state index in [0.717, 1.165) is 36.7 Å². The van der Waals surface area contributed by atoms with Crippen LogP contribution in [-0.2, 0) is 17.7 Å². The van der Waals surface area contributed by atoms with E-state index < -0.39 is 0 Å². The van der Waals surface area contributed by atoms with Gasteiger partial charge in [-0.05, 0) is 44.0 Å². The van der Waals surface area contributed by atoms with Gasteiger partial charge in [0.05, 0.1) is 25.1 Å². The molecule has 156 valence electrons. The number of aliphatic imine (C=N–C) groups is 1. The van der Waals surface area contributed by atoms with E-state index in [4.69, 9.17) is 9.15 Å². The van der Waals surface area contributed by atoms with Crippen LogP contribution in [0.25, 0.3) is 0 Å². The predicted molar refractivity (Wildman–Crippen MR) is 111 cm³/mol. The molecular weight excluding hydrogens is 370 g/mol. The summed E-state index contributed by atoms with van der Waals surface area (Å²) in [6, 6.07) is 9.92. The van der Waals surface area contributed by atoms with Crippen LogP contribution in [0.5, 0.6) is 0 Å². The third-order valence-electron chi connectivity index (χ3n) is 4.73. The lowest BCUT2D eigenvalue weighted by Gasteiger charge is -2.32. The number of piperidine rings is 1. The van der Waals surface area contributed by atoms with Gasteiger partial charge in [0.2, 0.25) is 0 Å². The molecule has 0 atom stereocenters. The van der Waals surface area contributed by atoms with Crippen molar-refractivity contribution in [3.8, 4) is 0 Å². The van der Waals surface area contributed by atoms with Crippen molar-refractivity contribution in [2.24, 2.45) is 4.99 Å². The van der Waals surface area contributed by atoms with Crippen LogP contribution in [0.3, 0.4) is 0 Å². The smallest absolute Gasteiger partial charge is 0.409 e. The van der Waals surface area contributed by atoms with Crippen molar-refractivity contribution in [2.75, 3.05) is 26.2 Å². The fraction of sp³-hybridized carbons (Fsp3) is 0.476. The molecule has 1 amide bonds. The number of carbonyl (C=O) groups is 1. The van der Waals surface area contributed by atoms with Gasteiger partial charge >= 0.3 is 6.09 Å².